The van der Waals surface area contributed by atoms with Crippen LogP contribution in [0.5, 0.6) is 11.5 Å². The number of rotatable bonds is 10. The summed E-state index contributed by atoms with van der Waals surface area (Å²) < 4.78 is 11.6. The maximum absolute atomic E-state index is 12.5. The normalized spacial score (nSPS) is 10.4. The van der Waals surface area contributed by atoms with E-state index in [1.165, 1.54) is 5.56 Å². The minimum atomic E-state index is -0.111. The predicted molar refractivity (Wildman–Crippen MR) is 113 cm³/mol. The molecule has 1 N–H and O–H groups in total. The highest BCUT2D eigenvalue weighted by molar-refractivity contribution is 5.94. The topological polar surface area (TPSA) is 60.5 Å². The second-order valence-corrected chi connectivity index (χ2v) is 6.58. The Balaban J connectivity index is 1.55. The van der Waals surface area contributed by atoms with Crippen LogP contribution in [0, 0.1) is 0 Å². The highest BCUT2D eigenvalue weighted by atomic mass is 16.5. The van der Waals surface area contributed by atoms with Crippen molar-refractivity contribution in [3.8, 4) is 11.5 Å². The van der Waals surface area contributed by atoms with Crippen molar-refractivity contribution in [2.75, 3.05) is 13.2 Å². The zero-order chi connectivity index (χ0) is 20.3. The van der Waals surface area contributed by atoms with Crippen LogP contribution in [0.4, 0.5) is 0 Å². The number of pyridine rings is 1. The lowest BCUT2D eigenvalue weighted by molar-refractivity contribution is 0.0952. The van der Waals surface area contributed by atoms with E-state index in [2.05, 4.69) is 22.4 Å². The number of ether oxygens (including phenoxy) is 2. The van der Waals surface area contributed by atoms with E-state index in [1.807, 2.05) is 37.3 Å². The smallest absolute Gasteiger partial charge is 0.251 e. The maximum atomic E-state index is 12.5. The third kappa shape index (κ3) is 6.35. The summed E-state index contributed by atoms with van der Waals surface area (Å²) in [6.45, 7) is 3.43. The minimum Gasteiger partial charge on any atom is -0.490 e. The summed E-state index contributed by atoms with van der Waals surface area (Å²) in [6.07, 6.45) is 5.29. The first-order valence-electron chi connectivity index (χ1n) is 9.87. The summed E-state index contributed by atoms with van der Waals surface area (Å²) in [7, 11) is 0. The Hall–Kier alpha value is -3.34. The predicted octanol–water partition coefficient (Wildman–Crippen LogP) is 4.42. The molecule has 1 aromatic heterocycles. The largest absolute Gasteiger partial charge is 0.490 e. The molecule has 0 aliphatic carbocycles. The molecule has 5 nitrogen and oxygen atoms in total. The van der Waals surface area contributed by atoms with E-state index >= 15 is 0 Å². The average Bonchev–Trinajstić information content (AvgIpc) is 2.77. The standard InChI is InChI=1S/C24H26N2O3/c1-2-28-23-17-21(10-11-22(23)29-18-20-12-15-25-16-13-20)24(27)26-14-6-9-19-7-4-3-5-8-19/h3-5,7-8,10-13,15-17H,2,6,9,14,18H2,1H3,(H,26,27). The quantitative estimate of drug-likeness (QED) is 0.521. The fourth-order valence-electron chi connectivity index (χ4n) is 2.92. The molecule has 1 amide bonds. The van der Waals surface area contributed by atoms with Gasteiger partial charge in [0.05, 0.1) is 6.61 Å². The van der Waals surface area contributed by atoms with Crippen LogP contribution in [0.1, 0.15) is 34.8 Å². The maximum Gasteiger partial charge on any atom is 0.251 e. The Morgan fingerprint density at radius 3 is 2.48 bits per heavy atom. The van der Waals surface area contributed by atoms with Gasteiger partial charge in [-0.25, -0.2) is 0 Å². The molecule has 150 valence electrons. The second kappa shape index (κ2) is 10.9. The number of hydrogen-bond donors (Lipinski definition) is 1. The SMILES string of the molecule is CCOc1cc(C(=O)NCCCc2ccccc2)ccc1OCc1ccncc1. The highest BCUT2D eigenvalue weighted by Crippen LogP contribution is 2.29. The van der Waals surface area contributed by atoms with Crippen LogP contribution in [0.3, 0.4) is 0 Å². The van der Waals surface area contributed by atoms with Crippen molar-refractivity contribution >= 4 is 5.91 Å². The number of nitrogens with one attached hydrogen (secondary N) is 1. The number of amides is 1. The summed E-state index contributed by atoms with van der Waals surface area (Å²) in [5.41, 5.74) is 2.85. The Labute approximate surface area is 171 Å². The van der Waals surface area contributed by atoms with Crippen LogP contribution >= 0.6 is 0 Å². The lowest BCUT2D eigenvalue weighted by Crippen LogP contribution is -2.24. The number of nitrogens with zero attached hydrogens (tertiary/aromatic N) is 1. The van der Waals surface area contributed by atoms with Gasteiger partial charge in [0.2, 0.25) is 0 Å². The van der Waals surface area contributed by atoms with E-state index in [0.29, 0.717) is 36.8 Å². The monoisotopic (exact) mass is 390 g/mol. The van der Waals surface area contributed by atoms with Gasteiger partial charge in [0, 0.05) is 24.5 Å². The molecule has 0 fully saturated rings. The van der Waals surface area contributed by atoms with Crippen LogP contribution < -0.4 is 14.8 Å². The lowest BCUT2D eigenvalue weighted by atomic mass is 10.1. The van der Waals surface area contributed by atoms with Crippen molar-refractivity contribution in [2.45, 2.75) is 26.4 Å². The van der Waals surface area contributed by atoms with E-state index in [4.69, 9.17) is 9.47 Å². The van der Waals surface area contributed by atoms with Crippen molar-refractivity contribution in [2.24, 2.45) is 0 Å². The first kappa shape index (κ1) is 20.4. The molecule has 0 saturated heterocycles. The van der Waals surface area contributed by atoms with E-state index < -0.39 is 0 Å². The average molecular weight is 390 g/mol. The molecule has 0 spiro atoms. The molecule has 3 aromatic rings. The zero-order valence-electron chi connectivity index (χ0n) is 16.6. The van der Waals surface area contributed by atoms with Gasteiger partial charge in [-0.3, -0.25) is 9.78 Å². The highest BCUT2D eigenvalue weighted by Gasteiger charge is 2.12. The van der Waals surface area contributed by atoms with Gasteiger partial charge in [-0.15, -0.1) is 0 Å². The molecular formula is C24H26N2O3. The lowest BCUT2D eigenvalue weighted by Gasteiger charge is -2.13. The first-order chi connectivity index (χ1) is 14.3. The number of hydrogen-bond acceptors (Lipinski definition) is 4. The number of carbonyl (C=O) groups is 1. The van der Waals surface area contributed by atoms with E-state index in [1.54, 1.807) is 30.6 Å². The minimum absolute atomic E-state index is 0.111. The van der Waals surface area contributed by atoms with Crippen molar-refractivity contribution < 1.29 is 14.3 Å². The van der Waals surface area contributed by atoms with Crippen molar-refractivity contribution in [1.82, 2.24) is 10.3 Å². The van der Waals surface area contributed by atoms with Gasteiger partial charge in [0.25, 0.3) is 5.91 Å². The molecule has 29 heavy (non-hydrogen) atoms. The number of benzene rings is 2. The number of aromatic nitrogens is 1. The van der Waals surface area contributed by atoms with Crippen molar-refractivity contribution in [3.05, 3.63) is 89.7 Å². The molecule has 0 saturated carbocycles. The Morgan fingerprint density at radius 2 is 1.72 bits per heavy atom. The third-order valence-corrected chi connectivity index (χ3v) is 4.42. The molecule has 0 bridgehead atoms. The molecule has 1 heterocycles. The van der Waals surface area contributed by atoms with Crippen LogP contribution in [0.25, 0.3) is 0 Å². The van der Waals surface area contributed by atoms with Gasteiger partial charge in [-0.1, -0.05) is 30.3 Å². The van der Waals surface area contributed by atoms with Gasteiger partial charge in [-0.2, -0.15) is 0 Å². The summed E-state index contributed by atoms with van der Waals surface area (Å²) in [5, 5.41) is 2.97. The molecule has 0 unspecified atom stereocenters. The molecule has 0 radical (unpaired) electrons. The van der Waals surface area contributed by atoms with Gasteiger partial charge in [0.15, 0.2) is 11.5 Å². The summed E-state index contributed by atoms with van der Waals surface area (Å²) in [5.74, 6) is 1.07. The van der Waals surface area contributed by atoms with Crippen LogP contribution in [0.15, 0.2) is 73.1 Å². The number of aryl methyl sites for hydroxylation is 1. The molecule has 0 aliphatic heterocycles. The fourth-order valence-corrected chi connectivity index (χ4v) is 2.92. The molecule has 0 atom stereocenters. The summed E-state index contributed by atoms with van der Waals surface area (Å²) >= 11 is 0. The van der Waals surface area contributed by atoms with E-state index in [9.17, 15) is 4.79 Å². The van der Waals surface area contributed by atoms with Gasteiger partial charge in [0.1, 0.15) is 6.61 Å². The fraction of sp³-hybridized carbons (Fsp3) is 0.250. The van der Waals surface area contributed by atoms with Crippen molar-refractivity contribution in [1.29, 1.82) is 0 Å². The Bertz CT molecular complexity index is 899. The molecule has 5 heteroatoms. The van der Waals surface area contributed by atoms with E-state index in [0.717, 1.165) is 18.4 Å². The summed E-state index contributed by atoms with van der Waals surface area (Å²) in [4.78, 5) is 16.5. The van der Waals surface area contributed by atoms with Crippen LogP contribution in [-0.4, -0.2) is 24.0 Å². The first-order valence-corrected chi connectivity index (χ1v) is 9.87. The molecule has 0 aliphatic rings. The number of carbonyl (C=O) groups excluding carboxylic acids is 1. The van der Waals surface area contributed by atoms with Crippen LogP contribution in [0.2, 0.25) is 0 Å². The van der Waals surface area contributed by atoms with Gasteiger partial charge >= 0.3 is 0 Å². The zero-order valence-corrected chi connectivity index (χ0v) is 16.6. The van der Waals surface area contributed by atoms with Gasteiger partial charge < -0.3 is 14.8 Å². The second-order valence-electron chi connectivity index (χ2n) is 6.58. The van der Waals surface area contributed by atoms with E-state index in [-0.39, 0.29) is 5.91 Å². The van der Waals surface area contributed by atoms with Crippen LogP contribution in [-0.2, 0) is 13.0 Å². The summed E-state index contributed by atoms with van der Waals surface area (Å²) in [6, 6.07) is 19.3. The molecule has 3 rings (SSSR count). The van der Waals surface area contributed by atoms with Gasteiger partial charge in [-0.05, 0) is 61.2 Å². The van der Waals surface area contributed by atoms with Crippen molar-refractivity contribution in [3.63, 3.8) is 0 Å². The molecule has 2 aromatic carbocycles. The Morgan fingerprint density at radius 1 is 0.931 bits per heavy atom. The molecular weight excluding hydrogens is 364 g/mol. The Kier molecular flexibility index (Phi) is 7.63. The third-order valence-electron chi connectivity index (χ3n) is 4.42.